The summed E-state index contributed by atoms with van der Waals surface area (Å²) in [6, 6.07) is 5.13. The van der Waals surface area contributed by atoms with Crippen LogP contribution >= 0.6 is 23.2 Å². The van der Waals surface area contributed by atoms with E-state index in [1.165, 1.54) is 0 Å². The summed E-state index contributed by atoms with van der Waals surface area (Å²) in [4.78, 5) is 13.5. The third-order valence-corrected chi connectivity index (χ3v) is 3.46. The van der Waals surface area contributed by atoms with Crippen molar-refractivity contribution in [3.63, 3.8) is 0 Å². The lowest BCUT2D eigenvalue weighted by atomic mass is 10.1. The molecule has 0 spiro atoms. The number of amides is 1. The van der Waals surface area contributed by atoms with Gasteiger partial charge in [0.15, 0.2) is 0 Å². The van der Waals surface area contributed by atoms with Gasteiger partial charge < -0.3 is 10.4 Å². The molecule has 1 aromatic carbocycles. The molecule has 1 atom stereocenters. The SMILES string of the molecule is CC(NC(=O)CN(C)CCO)c1ccc(Cl)c(Cl)c1. The summed E-state index contributed by atoms with van der Waals surface area (Å²) in [5.74, 6) is -0.102. The molecular weight excluding hydrogens is 287 g/mol. The van der Waals surface area contributed by atoms with E-state index in [1.54, 1.807) is 24.1 Å². The summed E-state index contributed by atoms with van der Waals surface area (Å²) in [6.45, 7) is 2.62. The van der Waals surface area contributed by atoms with E-state index in [0.29, 0.717) is 16.6 Å². The molecule has 0 aliphatic carbocycles. The highest BCUT2D eigenvalue weighted by molar-refractivity contribution is 6.42. The Bertz CT molecular complexity index is 441. The minimum Gasteiger partial charge on any atom is -0.395 e. The second-order valence-electron chi connectivity index (χ2n) is 4.42. The lowest BCUT2D eigenvalue weighted by Gasteiger charge is -2.18. The van der Waals surface area contributed by atoms with E-state index in [-0.39, 0.29) is 25.1 Å². The summed E-state index contributed by atoms with van der Waals surface area (Å²) in [6.07, 6.45) is 0. The van der Waals surface area contributed by atoms with Gasteiger partial charge >= 0.3 is 0 Å². The Balaban J connectivity index is 2.56. The second kappa shape index (κ2) is 7.70. The molecule has 0 aliphatic rings. The standard InChI is InChI=1S/C13H18Cl2N2O2/c1-9(10-3-4-11(14)12(15)7-10)16-13(19)8-17(2)5-6-18/h3-4,7,9,18H,5-6,8H2,1-2H3,(H,16,19). The molecule has 0 fully saturated rings. The van der Waals surface area contributed by atoms with Crippen LogP contribution in [-0.4, -0.2) is 42.7 Å². The molecule has 4 nitrogen and oxygen atoms in total. The van der Waals surface area contributed by atoms with Crippen LogP contribution in [0.3, 0.4) is 0 Å². The number of carbonyl (C=O) groups excluding carboxylic acids is 1. The molecule has 0 heterocycles. The average molecular weight is 305 g/mol. The van der Waals surface area contributed by atoms with E-state index in [9.17, 15) is 4.79 Å². The highest BCUT2D eigenvalue weighted by atomic mass is 35.5. The lowest BCUT2D eigenvalue weighted by Crippen LogP contribution is -2.37. The second-order valence-corrected chi connectivity index (χ2v) is 5.24. The number of likely N-dealkylation sites (N-methyl/N-ethyl adjacent to an activating group) is 1. The maximum atomic E-state index is 11.8. The fraction of sp³-hybridized carbons (Fsp3) is 0.462. The Morgan fingerprint density at radius 1 is 1.42 bits per heavy atom. The summed E-state index contributed by atoms with van der Waals surface area (Å²) in [5.41, 5.74) is 0.896. The largest absolute Gasteiger partial charge is 0.395 e. The Kier molecular flexibility index (Phi) is 6.58. The van der Waals surface area contributed by atoms with Crippen molar-refractivity contribution < 1.29 is 9.90 Å². The van der Waals surface area contributed by atoms with Crippen molar-refractivity contribution in [3.8, 4) is 0 Å². The monoisotopic (exact) mass is 304 g/mol. The van der Waals surface area contributed by atoms with Crippen LogP contribution < -0.4 is 5.32 Å². The van der Waals surface area contributed by atoms with Gasteiger partial charge in [-0.1, -0.05) is 29.3 Å². The maximum absolute atomic E-state index is 11.8. The molecule has 0 aromatic heterocycles. The number of hydrogen-bond donors (Lipinski definition) is 2. The molecule has 0 aliphatic heterocycles. The van der Waals surface area contributed by atoms with E-state index in [0.717, 1.165) is 5.56 Å². The Labute approximate surface area is 123 Å². The Morgan fingerprint density at radius 3 is 2.68 bits per heavy atom. The van der Waals surface area contributed by atoms with Crippen LogP contribution in [0.2, 0.25) is 10.0 Å². The molecule has 0 radical (unpaired) electrons. The zero-order valence-electron chi connectivity index (χ0n) is 11.0. The van der Waals surface area contributed by atoms with Gasteiger partial charge in [-0.3, -0.25) is 9.69 Å². The Hall–Kier alpha value is -0.810. The van der Waals surface area contributed by atoms with E-state index in [1.807, 2.05) is 13.0 Å². The Morgan fingerprint density at radius 2 is 2.11 bits per heavy atom. The van der Waals surface area contributed by atoms with Gasteiger partial charge in [0.1, 0.15) is 0 Å². The predicted molar refractivity (Wildman–Crippen MR) is 77.6 cm³/mol. The van der Waals surface area contributed by atoms with Crippen molar-refractivity contribution in [1.82, 2.24) is 10.2 Å². The van der Waals surface area contributed by atoms with Crippen LogP contribution in [0, 0.1) is 0 Å². The van der Waals surface area contributed by atoms with Gasteiger partial charge in [0.2, 0.25) is 5.91 Å². The molecule has 19 heavy (non-hydrogen) atoms. The van der Waals surface area contributed by atoms with Crippen molar-refractivity contribution in [2.24, 2.45) is 0 Å². The van der Waals surface area contributed by atoms with E-state index < -0.39 is 0 Å². The number of hydrogen-bond acceptors (Lipinski definition) is 3. The molecule has 1 unspecified atom stereocenters. The smallest absolute Gasteiger partial charge is 0.234 e. The first-order chi connectivity index (χ1) is 8.93. The van der Waals surface area contributed by atoms with E-state index in [4.69, 9.17) is 28.3 Å². The third kappa shape index (κ3) is 5.37. The normalized spacial score (nSPS) is 12.5. The predicted octanol–water partition coefficient (Wildman–Crippen LogP) is 2.09. The molecule has 1 amide bonds. The van der Waals surface area contributed by atoms with Crippen molar-refractivity contribution in [3.05, 3.63) is 33.8 Å². The first kappa shape index (κ1) is 16.2. The summed E-state index contributed by atoms with van der Waals surface area (Å²) >= 11 is 11.8. The van der Waals surface area contributed by atoms with Crippen LogP contribution in [0.1, 0.15) is 18.5 Å². The highest BCUT2D eigenvalue weighted by Gasteiger charge is 2.12. The number of aliphatic hydroxyl groups is 1. The molecule has 1 aromatic rings. The van der Waals surface area contributed by atoms with Gasteiger partial charge in [0.05, 0.1) is 29.2 Å². The zero-order valence-corrected chi connectivity index (χ0v) is 12.5. The van der Waals surface area contributed by atoms with Gasteiger partial charge in [-0.05, 0) is 31.7 Å². The van der Waals surface area contributed by atoms with Crippen LogP contribution in [0.5, 0.6) is 0 Å². The van der Waals surface area contributed by atoms with Crippen LogP contribution in [-0.2, 0) is 4.79 Å². The molecule has 0 saturated carbocycles. The summed E-state index contributed by atoms with van der Waals surface area (Å²) in [7, 11) is 1.78. The molecule has 6 heteroatoms. The van der Waals surface area contributed by atoms with Crippen molar-refractivity contribution in [1.29, 1.82) is 0 Å². The molecule has 0 saturated heterocycles. The van der Waals surface area contributed by atoms with Crippen molar-refractivity contribution in [2.75, 3.05) is 26.7 Å². The third-order valence-electron chi connectivity index (χ3n) is 2.72. The number of nitrogens with one attached hydrogen (secondary N) is 1. The maximum Gasteiger partial charge on any atom is 0.234 e. The first-order valence-corrected chi connectivity index (χ1v) is 6.73. The van der Waals surface area contributed by atoms with Gasteiger partial charge in [-0.15, -0.1) is 0 Å². The first-order valence-electron chi connectivity index (χ1n) is 5.97. The fourth-order valence-electron chi connectivity index (χ4n) is 1.65. The summed E-state index contributed by atoms with van der Waals surface area (Å²) < 4.78 is 0. The molecular formula is C13H18Cl2N2O2. The van der Waals surface area contributed by atoms with Crippen molar-refractivity contribution in [2.45, 2.75) is 13.0 Å². The van der Waals surface area contributed by atoms with E-state index in [2.05, 4.69) is 5.32 Å². The van der Waals surface area contributed by atoms with Gasteiger partial charge in [-0.25, -0.2) is 0 Å². The van der Waals surface area contributed by atoms with E-state index >= 15 is 0 Å². The topological polar surface area (TPSA) is 52.6 Å². The quantitative estimate of drug-likeness (QED) is 0.846. The highest BCUT2D eigenvalue weighted by Crippen LogP contribution is 2.25. The number of aliphatic hydroxyl groups excluding tert-OH is 1. The van der Waals surface area contributed by atoms with Crippen LogP contribution in [0.4, 0.5) is 0 Å². The fourth-order valence-corrected chi connectivity index (χ4v) is 1.95. The minimum atomic E-state index is -0.148. The molecule has 106 valence electrons. The lowest BCUT2D eigenvalue weighted by molar-refractivity contribution is -0.122. The van der Waals surface area contributed by atoms with Gasteiger partial charge in [-0.2, -0.15) is 0 Å². The van der Waals surface area contributed by atoms with Crippen LogP contribution in [0.25, 0.3) is 0 Å². The number of halogens is 2. The zero-order chi connectivity index (χ0) is 14.4. The number of carbonyl (C=O) groups is 1. The summed E-state index contributed by atoms with van der Waals surface area (Å²) in [5, 5.41) is 12.6. The molecule has 2 N–H and O–H groups in total. The van der Waals surface area contributed by atoms with Crippen LogP contribution in [0.15, 0.2) is 18.2 Å². The minimum absolute atomic E-state index is 0.0339. The number of nitrogens with zero attached hydrogens (tertiary/aromatic N) is 1. The number of benzene rings is 1. The van der Waals surface area contributed by atoms with Gasteiger partial charge in [0.25, 0.3) is 0 Å². The average Bonchev–Trinajstić information content (AvgIpc) is 2.32. The van der Waals surface area contributed by atoms with Crippen molar-refractivity contribution >= 4 is 29.1 Å². The molecule has 0 bridgehead atoms. The number of rotatable bonds is 6. The molecule has 1 rings (SSSR count). The van der Waals surface area contributed by atoms with Gasteiger partial charge in [0, 0.05) is 6.54 Å².